The van der Waals surface area contributed by atoms with E-state index in [0.717, 1.165) is 25.9 Å². The summed E-state index contributed by atoms with van der Waals surface area (Å²) in [6.45, 7) is 2.36. The van der Waals surface area contributed by atoms with Gasteiger partial charge in [0.15, 0.2) is 0 Å². The predicted octanol–water partition coefficient (Wildman–Crippen LogP) is 1.78. The molecule has 1 saturated heterocycles. The first kappa shape index (κ1) is 16.5. The van der Waals surface area contributed by atoms with E-state index in [4.69, 9.17) is 10.2 Å². The topological polar surface area (TPSA) is 79.7 Å². The van der Waals surface area contributed by atoms with Gasteiger partial charge in [0.25, 0.3) is 5.56 Å². The van der Waals surface area contributed by atoms with Gasteiger partial charge in [-0.1, -0.05) is 12.1 Å². The minimum atomic E-state index is -0.144. The van der Waals surface area contributed by atoms with Crippen LogP contribution in [0, 0.1) is 11.3 Å². The average Bonchev–Trinajstić information content (AvgIpc) is 3.31. The van der Waals surface area contributed by atoms with E-state index < -0.39 is 0 Å². The Kier molecular flexibility index (Phi) is 4.50. The van der Waals surface area contributed by atoms with Crippen LogP contribution in [0.25, 0.3) is 10.9 Å². The number of nitriles is 1. The van der Waals surface area contributed by atoms with Gasteiger partial charge in [0.2, 0.25) is 0 Å². The molecule has 0 aliphatic carbocycles. The lowest BCUT2D eigenvalue weighted by atomic mass is 10.2. The minimum Gasteiger partial charge on any atom is -0.291 e. The molecule has 0 saturated carbocycles. The fourth-order valence-corrected chi connectivity index (χ4v) is 3.68. The van der Waals surface area contributed by atoms with Gasteiger partial charge >= 0.3 is 0 Å². The normalized spacial score (nSPS) is 17.6. The van der Waals surface area contributed by atoms with E-state index in [1.165, 1.54) is 4.57 Å². The number of nitrogens with zero attached hydrogens (tertiary/aromatic N) is 6. The van der Waals surface area contributed by atoms with Crippen molar-refractivity contribution in [3.05, 3.63) is 58.9 Å². The summed E-state index contributed by atoms with van der Waals surface area (Å²) < 4.78 is 3.45. The van der Waals surface area contributed by atoms with E-state index in [1.54, 1.807) is 12.3 Å². The lowest BCUT2D eigenvalue weighted by Crippen LogP contribution is -2.36. The van der Waals surface area contributed by atoms with Gasteiger partial charge in [-0.3, -0.25) is 18.9 Å². The van der Waals surface area contributed by atoms with Crippen LogP contribution >= 0.6 is 0 Å². The van der Waals surface area contributed by atoms with Gasteiger partial charge in [-0.2, -0.15) is 10.4 Å². The Morgan fingerprint density at radius 3 is 2.96 bits per heavy atom. The molecule has 0 unspecified atom stereocenters. The number of benzene rings is 1. The van der Waals surface area contributed by atoms with Crippen LogP contribution in [0.2, 0.25) is 0 Å². The van der Waals surface area contributed by atoms with Crippen molar-refractivity contribution in [1.29, 1.82) is 5.26 Å². The van der Waals surface area contributed by atoms with Crippen LogP contribution in [-0.4, -0.2) is 36.8 Å². The summed E-state index contributed by atoms with van der Waals surface area (Å²) in [4.78, 5) is 19.8. The molecule has 0 spiro atoms. The van der Waals surface area contributed by atoms with Crippen molar-refractivity contribution in [1.82, 2.24) is 24.2 Å². The molecular formula is C19H20N6O. The summed E-state index contributed by atoms with van der Waals surface area (Å²) in [6.07, 6.45) is 5.96. The Morgan fingerprint density at radius 2 is 2.15 bits per heavy atom. The van der Waals surface area contributed by atoms with E-state index in [9.17, 15) is 4.79 Å². The Bertz CT molecular complexity index is 1000. The zero-order valence-electron chi connectivity index (χ0n) is 14.5. The third-order valence-corrected chi connectivity index (χ3v) is 4.97. The molecule has 1 atom stereocenters. The second-order valence-corrected chi connectivity index (χ2v) is 6.59. The van der Waals surface area contributed by atoms with Gasteiger partial charge in [0.05, 0.1) is 30.1 Å². The maximum atomic E-state index is 12.8. The average molecular weight is 348 g/mol. The molecule has 132 valence electrons. The highest BCUT2D eigenvalue weighted by atomic mass is 16.1. The molecule has 0 N–H and O–H groups in total. The predicted molar refractivity (Wildman–Crippen MR) is 97.3 cm³/mol. The fraction of sp³-hybridized carbons (Fsp3) is 0.368. The first-order valence-electron chi connectivity index (χ1n) is 8.83. The van der Waals surface area contributed by atoms with E-state index >= 15 is 0 Å². The van der Waals surface area contributed by atoms with Gasteiger partial charge in [-0.15, -0.1) is 0 Å². The number of likely N-dealkylation sites (tertiary alicyclic amines) is 1. The van der Waals surface area contributed by atoms with Gasteiger partial charge in [-0.05, 0) is 37.6 Å². The second kappa shape index (κ2) is 7.10. The second-order valence-electron chi connectivity index (χ2n) is 6.59. The summed E-state index contributed by atoms with van der Waals surface area (Å²) in [5, 5.41) is 14.0. The molecule has 0 radical (unpaired) electrons. The molecule has 7 nitrogen and oxygen atoms in total. The maximum Gasteiger partial charge on any atom is 0.262 e. The van der Waals surface area contributed by atoms with Crippen molar-refractivity contribution in [2.45, 2.75) is 38.5 Å². The monoisotopic (exact) mass is 348 g/mol. The number of hydrogen-bond donors (Lipinski definition) is 0. The number of hydrogen-bond acceptors (Lipinski definition) is 5. The number of para-hydroxylation sites is 1. The quantitative estimate of drug-likeness (QED) is 0.702. The molecule has 3 aromatic rings. The molecule has 0 bridgehead atoms. The SMILES string of the molecule is N#CCn1c(CN2CCC[C@H]2Cn2cccn2)nc2ccccc2c1=O. The van der Waals surface area contributed by atoms with Crippen molar-refractivity contribution in [2.24, 2.45) is 0 Å². The number of rotatable bonds is 5. The summed E-state index contributed by atoms with van der Waals surface area (Å²) in [7, 11) is 0. The molecule has 1 aliphatic heterocycles. The first-order valence-corrected chi connectivity index (χ1v) is 8.83. The third-order valence-electron chi connectivity index (χ3n) is 4.97. The molecule has 7 heteroatoms. The standard InChI is InChI=1S/C19H20N6O/c20-8-12-25-18(22-17-7-2-1-6-16(17)19(25)26)14-23-10-3-5-15(23)13-24-11-4-9-21-24/h1-2,4,6-7,9,11,15H,3,5,10,12-14H2/t15-/m0/s1. The van der Waals surface area contributed by atoms with Gasteiger partial charge in [0, 0.05) is 18.4 Å². The fourth-order valence-electron chi connectivity index (χ4n) is 3.68. The van der Waals surface area contributed by atoms with Gasteiger partial charge < -0.3 is 0 Å². The molecule has 2 aromatic heterocycles. The zero-order chi connectivity index (χ0) is 17.9. The smallest absolute Gasteiger partial charge is 0.262 e. The van der Waals surface area contributed by atoms with Crippen LogP contribution in [0.15, 0.2) is 47.5 Å². The molecule has 4 rings (SSSR count). The highest BCUT2D eigenvalue weighted by Crippen LogP contribution is 2.21. The van der Waals surface area contributed by atoms with Gasteiger partial charge in [0.1, 0.15) is 12.4 Å². The Morgan fingerprint density at radius 1 is 1.27 bits per heavy atom. The zero-order valence-corrected chi connectivity index (χ0v) is 14.5. The third kappa shape index (κ3) is 3.11. The number of fused-ring (bicyclic) bond motifs is 1. The largest absolute Gasteiger partial charge is 0.291 e. The number of aromatic nitrogens is 4. The molecule has 3 heterocycles. The summed E-state index contributed by atoms with van der Waals surface area (Å²) in [5.74, 6) is 0.655. The van der Waals surface area contributed by atoms with E-state index in [0.29, 0.717) is 29.3 Å². The van der Waals surface area contributed by atoms with Crippen molar-refractivity contribution in [3.8, 4) is 6.07 Å². The van der Waals surface area contributed by atoms with Gasteiger partial charge in [-0.25, -0.2) is 4.98 Å². The van der Waals surface area contributed by atoms with E-state index in [2.05, 4.69) is 16.1 Å². The van der Waals surface area contributed by atoms with E-state index in [1.807, 2.05) is 35.1 Å². The van der Waals surface area contributed by atoms with Crippen LogP contribution in [0.3, 0.4) is 0 Å². The summed E-state index contributed by atoms with van der Waals surface area (Å²) >= 11 is 0. The van der Waals surface area contributed by atoms with Crippen LogP contribution in [0.1, 0.15) is 18.7 Å². The van der Waals surface area contributed by atoms with Crippen molar-refractivity contribution < 1.29 is 0 Å². The first-order chi connectivity index (χ1) is 12.8. The lowest BCUT2D eigenvalue weighted by molar-refractivity contribution is 0.211. The van der Waals surface area contributed by atoms with Crippen molar-refractivity contribution in [2.75, 3.05) is 6.54 Å². The van der Waals surface area contributed by atoms with Crippen LogP contribution in [0.4, 0.5) is 0 Å². The summed E-state index contributed by atoms with van der Waals surface area (Å²) in [6, 6.07) is 11.7. The highest BCUT2D eigenvalue weighted by molar-refractivity contribution is 5.77. The van der Waals surface area contributed by atoms with Crippen molar-refractivity contribution >= 4 is 10.9 Å². The molecule has 1 fully saturated rings. The van der Waals surface area contributed by atoms with E-state index in [-0.39, 0.29) is 12.1 Å². The molecule has 1 aliphatic rings. The Hall–Kier alpha value is -2.98. The van der Waals surface area contributed by atoms with Crippen LogP contribution in [0.5, 0.6) is 0 Å². The maximum absolute atomic E-state index is 12.8. The highest BCUT2D eigenvalue weighted by Gasteiger charge is 2.26. The molecular weight excluding hydrogens is 328 g/mol. The van der Waals surface area contributed by atoms with Crippen molar-refractivity contribution in [3.63, 3.8) is 0 Å². The minimum absolute atomic E-state index is 0.0175. The Labute approximate surface area is 151 Å². The van der Waals surface area contributed by atoms with Crippen LogP contribution in [-0.2, 0) is 19.6 Å². The Balaban J connectivity index is 1.66. The van der Waals surface area contributed by atoms with Crippen LogP contribution < -0.4 is 5.56 Å². The lowest BCUT2D eigenvalue weighted by Gasteiger charge is -2.25. The molecule has 0 amide bonds. The molecule has 1 aromatic carbocycles. The molecule has 26 heavy (non-hydrogen) atoms. The summed E-state index contributed by atoms with van der Waals surface area (Å²) in [5.41, 5.74) is 0.541.